The van der Waals surface area contributed by atoms with Crippen molar-refractivity contribution in [1.29, 1.82) is 0 Å². The molecule has 0 aliphatic heterocycles. The molecule has 3 aromatic carbocycles. The SMILES string of the molecule is CC(NC(=O)OCC1c2ccccc2-c2ccccc21)(C(=O)N(CC(=O)O)Cc1ccccc1)C1CC1. The first-order chi connectivity index (χ1) is 17.9. The molecule has 5 rings (SSSR count). The van der Waals surface area contributed by atoms with Gasteiger partial charge in [-0.05, 0) is 53.5 Å². The molecule has 0 bridgehead atoms. The summed E-state index contributed by atoms with van der Waals surface area (Å²) >= 11 is 0. The summed E-state index contributed by atoms with van der Waals surface area (Å²) in [5.41, 5.74) is 4.04. The normalized spacial score (nSPS) is 15.7. The zero-order chi connectivity index (χ0) is 26.0. The van der Waals surface area contributed by atoms with Gasteiger partial charge in [0.15, 0.2) is 0 Å². The number of fused-ring (bicyclic) bond motifs is 3. The Morgan fingerprint density at radius 2 is 1.49 bits per heavy atom. The summed E-state index contributed by atoms with van der Waals surface area (Å²) in [7, 11) is 0. The molecule has 190 valence electrons. The molecule has 2 aliphatic rings. The van der Waals surface area contributed by atoms with Crippen LogP contribution in [0.15, 0.2) is 78.9 Å². The minimum Gasteiger partial charge on any atom is -0.480 e. The van der Waals surface area contributed by atoms with Gasteiger partial charge in [-0.15, -0.1) is 0 Å². The van der Waals surface area contributed by atoms with E-state index >= 15 is 0 Å². The van der Waals surface area contributed by atoms with Crippen LogP contribution in [0.1, 0.15) is 42.4 Å². The summed E-state index contributed by atoms with van der Waals surface area (Å²) in [6, 6.07) is 25.4. The molecule has 2 amide bonds. The lowest BCUT2D eigenvalue weighted by Gasteiger charge is -2.34. The van der Waals surface area contributed by atoms with E-state index in [1.807, 2.05) is 66.7 Å². The number of nitrogens with zero attached hydrogens (tertiary/aromatic N) is 1. The maximum atomic E-state index is 13.7. The second-order valence-electron chi connectivity index (χ2n) is 9.97. The van der Waals surface area contributed by atoms with Crippen LogP contribution in [-0.2, 0) is 20.9 Å². The predicted molar refractivity (Wildman–Crippen MR) is 139 cm³/mol. The number of aliphatic carboxylic acids is 1. The zero-order valence-corrected chi connectivity index (χ0v) is 20.7. The van der Waals surface area contributed by atoms with Gasteiger partial charge in [-0.1, -0.05) is 78.9 Å². The summed E-state index contributed by atoms with van der Waals surface area (Å²) in [4.78, 5) is 39.6. The summed E-state index contributed by atoms with van der Waals surface area (Å²) in [5, 5.41) is 12.3. The number of hydrogen-bond acceptors (Lipinski definition) is 4. The predicted octanol–water partition coefficient (Wildman–Crippen LogP) is 4.81. The molecule has 0 aromatic heterocycles. The molecule has 0 spiro atoms. The second kappa shape index (κ2) is 10.1. The molecule has 7 heteroatoms. The average molecular weight is 499 g/mol. The number of amides is 2. The molecule has 1 saturated carbocycles. The molecule has 0 heterocycles. The summed E-state index contributed by atoms with van der Waals surface area (Å²) < 4.78 is 5.71. The van der Waals surface area contributed by atoms with Gasteiger partial charge >= 0.3 is 12.1 Å². The van der Waals surface area contributed by atoms with Crippen LogP contribution in [0.2, 0.25) is 0 Å². The van der Waals surface area contributed by atoms with Crippen molar-refractivity contribution in [3.63, 3.8) is 0 Å². The smallest absolute Gasteiger partial charge is 0.408 e. The van der Waals surface area contributed by atoms with E-state index in [-0.39, 0.29) is 25.0 Å². The van der Waals surface area contributed by atoms with Crippen molar-refractivity contribution in [1.82, 2.24) is 10.2 Å². The number of carboxylic acid groups (broad SMARTS) is 1. The van der Waals surface area contributed by atoms with Gasteiger partial charge in [-0.3, -0.25) is 9.59 Å². The number of hydrogen-bond donors (Lipinski definition) is 2. The topological polar surface area (TPSA) is 95.9 Å². The Kier molecular flexibility index (Phi) is 6.70. The van der Waals surface area contributed by atoms with E-state index in [2.05, 4.69) is 17.4 Å². The third kappa shape index (κ3) is 5.07. The van der Waals surface area contributed by atoms with Gasteiger partial charge in [0.2, 0.25) is 5.91 Å². The van der Waals surface area contributed by atoms with Crippen LogP contribution in [0.3, 0.4) is 0 Å². The molecule has 2 N–H and O–H groups in total. The summed E-state index contributed by atoms with van der Waals surface area (Å²) in [6.07, 6.45) is 0.871. The Labute approximate surface area is 216 Å². The molecule has 1 fully saturated rings. The van der Waals surface area contributed by atoms with Crippen molar-refractivity contribution >= 4 is 18.0 Å². The highest BCUT2D eigenvalue weighted by Gasteiger charge is 2.50. The van der Waals surface area contributed by atoms with Crippen molar-refractivity contribution in [3.05, 3.63) is 95.6 Å². The molecular formula is C30H30N2O5. The minimum absolute atomic E-state index is 0.0763. The number of ether oxygens (including phenoxy) is 1. The average Bonchev–Trinajstić information content (AvgIpc) is 3.71. The highest BCUT2D eigenvalue weighted by Crippen LogP contribution is 2.45. The van der Waals surface area contributed by atoms with Crippen LogP contribution in [0.5, 0.6) is 0 Å². The highest BCUT2D eigenvalue weighted by atomic mass is 16.5. The quantitative estimate of drug-likeness (QED) is 0.442. The van der Waals surface area contributed by atoms with Crippen LogP contribution in [0.25, 0.3) is 11.1 Å². The number of carbonyl (C=O) groups is 3. The Balaban J connectivity index is 1.31. The number of carboxylic acids is 1. The maximum absolute atomic E-state index is 13.7. The van der Waals surface area contributed by atoms with Crippen LogP contribution < -0.4 is 5.32 Å². The fourth-order valence-corrected chi connectivity index (χ4v) is 5.33. The van der Waals surface area contributed by atoms with E-state index in [1.54, 1.807) is 6.92 Å². The third-order valence-corrected chi connectivity index (χ3v) is 7.37. The van der Waals surface area contributed by atoms with E-state index in [4.69, 9.17) is 4.74 Å². The van der Waals surface area contributed by atoms with E-state index in [9.17, 15) is 19.5 Å². The Bertz CT molecular complexity index is 1270. The van der Waals surface area contributed by atoms with Gasteiger partial charge in [0.25, 0.3) is 0 Å². The number of alkyl carbamates (subject to hydrolysis) is 1. The fraction of sp³-hybridized carbons (Fsp3) is 0.300. The molecule has 3 aromatic rings. The number of rotatable bonds is 9. The maximum Gasteiger partial charge on any atom is 0.408 e. The molecule has 7 nitrogen and oxygen atoms in total. The van der Waals surface area contributed by atoms with Crippen molar-refractivity contribution in [2.75, 3.05) is 13.2 Å². The molecule has 0 radical (unpaired) electrons. The van der Waals surface area contributed by atoms with Gasteiger partial charge in [-0.2, -0.15) is 0 Å². The van der Waals surface area contributed by atoms with Crippen LogP contribution >= 0.6 is 0 Å². The van der Waals surface area contributed by atoms with Crippen molar-refractivity contribution in [2.24, 2.45) is 5.92 Å². The number of benzene rings is 3. The molecule has 1 unspecified atom stereocenters. The minimum atomic E-state index is -1.26. The van der Waals surface area contributed by atoms with Gasteiger partial charge in [0, 0.05) is 12.5 Å². The Morgan fingerprint density at radius 1 is 0.919 bits per heavy atom. The lowest BCUT2D eigenvalue weighted by molar-refractivity contribution is -0.148. The first-order valence-electron chi connectivity index (χ1n) is 12.5. The monoisotopic (exact) mass is 498 g/mol. The first-order valence-corrected chi connectivity index (χ1v) is 12.5. The van der Waals surface area contributed by atoms with Crippen molar-refractivity contribution < 1.29 is 24.2 Å². The van der Waals surface area contributed by atoms with E-state index in [0.717, 1.165) is 40.7 Å². The van der Waals surface area contributed by atoms with Crippen molar-refractivity contribution in [2.45, 2.75) is 37.8 Å². The Hall–Kier alpha value is -4.13. The van der Waals surface area contributed by atoms with Gasteiger partial charge in [-0.25, -0.2) is 4.79 Å². The van der Waals surface area contributed by atoms with Crippen LogP contribution in [0, 0.1) is 5.92 Å². The van der Waals surface area contributed by atoms with E-state index in [0.29, 0.717) is 0 Å². The standard InChI is InChI=1S/C30H30N2O5/c1-30(21-15-16-21,28(35)32(18-27(33)34)17-20-9-3-2-4-10-20)31-29(36)37-19-26-24-13-7-5-11-22(24)23-12-6-8-14-25(23)26/h2-14,21,26H,15-19H2,1H3,(H,31,36)(H,33,34). The van der Waals surface area contributed by atoms with Gasteiger partial charge in [0.1, 0.15) is 18.7 Å². The van der Waals surface area contributed by atoms with Crippen molar-refractivity contribution in [3.8, 4) is 11.1 Å². The number of carbonyl (C=O) groups excluding carboxylic acids is 2. The third-order valence-electron chi connectivity index (χ3n) is 7.37. The van der Waals surface area contributed by atoms with Crippen LogP contribution in [0.4, 0.5) is 4.79 Å². The van der Waals surface area contributed by atoms with E-state index < -0.39 is 30.1 Å². The van der Waals surface area contributed by atoms with E-state index in [1.165, 1.54) is 4.90 Å². The van der Waals surface area contributed by atoms with Gasteiger partial charge in [0.05, 0.1) is 0 Å². The second-order valence-corrected chi connectivity index (χ2v) is 9.97. The molecule has 37 heavy (non-hydrogen) atoms. The summed E-state index contributed by atoms with van der Waals surface area (Å²) in [6.45, 7) is 1.50. The Morgan fingerprint density at radius 3 is 2.05 bits per heavy atom. The molecule has 1 atom stereocenters. The first kappa shape index (κ1) is 24.6. The lowest BCUT2D eigenvalue weighted by atomic mass is 9.93. The highest BCUT2D eigenvalue weighted by molar-refractivity contribution is 5.92. The largest absolute Gasteiger partial charge is 0.480 e. The molecule has 2 aliphatic carbocycles. The summed E-state index contributed by atoms with van der Waals surface area (Å²) in [5.74, 6) is -1.70. The van der Waals surface area contributed by atoms with Crippen LogP contribution in [-0.4, -0.2) is 46.7 Å². The number of nitrogens with one attached hydrogen (secondary N) is 1. The molecular weight excluding hydrogens is 468 g/mol. The zero-order valence-electron chi connectivity index (χ0n) is 20.7. The fourth-order valence-electron chi connectivity index (χ4n) is 5.33. The lowest BCUT2D eigenvalue weighted by Crippen LogP contribution is -2.60. The molecule has 0 saturated heterocycles. The van der Waals surface area contributed by atoms with Gasteiger partial charge < -0.3 is 20.1 Å².